The first-order valence-electron chi connectivity index (χ1n) is 7.90. The number of nitrogens with zero attached hydrogens (tertiary/aromatic N) is 2. The number of hydrogen-bond donors (Lipinski definition) is 2. The number of carbonyl (C=O) groups is 1. The van der Waals surface area contributed by atoms with Gasteiger partial charge >= 0.3 is 0 Å². The van der Waals surface area contributed by atoms with Gasteiger partial charge < -0.3 is 20.5 Å². The van der Waals surface area contributed by atoms with Crippen LogP contribution in [0.3, 0.4) is 0 Å². The van der Waals surface area contributed by atoms with Gasteiger partial charge in [-0.2, -0.15) is 0 Å². The molecule has 1 aromatic rings. The highest BCUT2D eigenvalue weighted by atomic mass is 16.1. The summed E-state index contributed by atoms with van der Waals surface area (Å²) in [4.78, 5) is 14.7. The topological polar surface area (TPSA) is 63.3 Å². The molecule has 1 heterocycles. The van der Waals surface area contributed by atoms with Crippen molar-refractivity contribution in [1.82, 2.24) is 14.8 Å². The van der Waals surface area contributed by atoms with E-state index in [2.05, 4.69) is 31.2 Å². The minimum atomic E-state index is -0.0201. The monoisotopic (exact) mass is 292 g/mol. The van der Waals surface area contributed by atoms with Crippen LogP contribution in [0.5, 0.6) is 0 Å². The molecule has 0 bridgehead atoms. The van der Waals surface area contributed by atoms with Crippen molar-refractivity contribution in [3.8, 4) is 0 Å². The molecule has 1 saturated carbocycles. The molecule has 5 heteroatoms. The third-order valence-electron chi connectivity index (χ3n) is 4.68. The van der Waals surface area contributed by atoms with E-state index in [1.807, 2.05) is 10.8 Å². The number of aromatic nitrogens is 1. The van der Waals surface area contributed by atoms with E-state index in [0.29, 0.717) is 17.9 Å². The van der Waals surface area contributed by atoms with Crippen LogP contribution in [0, 0.1) is 0 Å². The summed E-state index contributed by atoms with van der Waals surface area (Å²) in [5.41, 5.74) is 7.26. The normalized spacial score (nSPS) is 17.3. The van der Waals surface area contributed by atoms with Gasteiger partial charge in [-0.3, -0.25) is 4.79 Å². The van der Waals surface area contributed by atoms with Crippen LogP contribution in [0.1, 0.15) is 49.5 Å². The maximum Gasteiger partial charge on any atom is 0.268 e. The summed E-state index contributed by atoms with van der Waals surface area (Å²) in [5.74, 6) is -0.0201. The molecule has 0 unspecified atom stereocenters. The number of nitrogen functional groups attached to an aromatic ring is 1. The molecule has 0 aliphatic heterocycles. The standard InChI is InChI=1S/C16H28N4O/c1-4-9-20-11-13(17)10-14(20)15(21)18-12-16(19(2)3)7-5-6-8-16/h10-11H,4-9,12,17H2,1-3H3,(H,18,21). The number of aryl methyl sites for hydroxylation is 1. The van der Waals surface area contributed by atoms with Crippen LogP contribution in [0.2, 0.25) is 0 Å². The molecule has 2 rings (SSSR count). The third kappa shape index (κ3) is 3.40. The second-order valence-corrected chi connectivity index (χ2v) is 6.36. The first-order valence-corrected chi connectivity index (χ1v) is 7.90. The molecule has 118 valence electrons. The molecular weight excluding hydrogens is 264 g/mol. The average molecular weight is 292 g/mol. The highest BCUT2D eigenvalue weighted by Gasteiger charge is 2.36. The number of carbonyl (C=O) groups excluding carboxylic acids is 1. The van der Waals surface area contributed by atoms with E-state index in [0.717, 1.165) is 25.8 Å². The van der Waals surface area contributed by atoms with Gasteiger partial charge in [-0.15, -0.1) is 0 Å². The maximum absolute atomic E-state index is 12.5. The predicted molar refractivity (Wildman–Crippen MR) is 86.4 cm³/mol. The van der Waals surface area contributed by atoms with Crippen LogP contribution in [0.25, 0.3) is 0 Å². The Morgan fingerprint density at radius 3 is 2.67 bits per heavy atom. The van der Waals surface area contributed by atoms with Crippen LogP contribution >= 0.6 is 0 Å². The molecule has 0 aromatic carbocycles. The first kappa shape index (κ1) is 15.9. The van der Waals surface area contributed by atoms with Crippen molar-refractivity contribution in [2.24, 2.45) is 0 Å². The molecular formula is C16H28N4O. The lowest BCUT2D eigenvalue weighted by Crippen LogP contribution is -2.51. The number of nitrogens with one attached hydrogen (secondary N) is 1. The van der Waals surface area contributed by atoms with E-state index in [1.54, 1.807) is 6.07 Å². The van der Waals surface area contributed by atoms with Gasteiger partial charge in [0.25, 0.3) is 5.91 Å². The fourth-order valence-corrected chi connectivity index (χ4v) is 3.30. The third-order valence-corrected chi connectivity index (χ3v) is 4.68. The van der Waals surface area contributed by atoms with Gasteiger partial charge in [0.05, 0.1) is 5.69 Å². The summed E-state index contributed by atoms with van der Waals surface area (Å²) in [5, 5.41) is 3.12. The van der Waals surface area contributed by atoms with E-state index in [1.165, 1.54) is 12.8 Å². The maximum atomic E-state index is 12.5. The van der Waals surface area contributed by atoms with Gasteiger partial charge in [0.2, 0.25) is 0 Å². The summed E-state index contributed by atoms with van der Waals surface area (Å²) >= 11 is 0. The zero-order chi connectivity index (χ0) is 15.5. The van der Waals surface area contributed by atoms with Crippen LogP contribution in [0.15, 0.2) is 12.3 Å². The Morgan fingerprint density at radius 2 is 2.10 bits per heavy atom. The quantitative estimate of drug-likeness (QED) is 0.844. The van der Waals surface area contributed by atoms with Crippen LogP contribution in [0.4, 0.5) is 5.69 Å². The number of likely N-dealkylation sites (N-methyl/N-ethyl adjacent to an activating group) is 1. The molecule has 0 saturated heterocycles. The number of anilines is 1. The highest BCUT2D eigenvalue weighted by molar-refractivity contribution is 5.93. The fraction of sp³-hybridized carbons (Fsp3) is 0.688. The fourth-order valence-electron chi connectivity index (χ4n) is 3.30. The Balaban J connectivity index is 2.04. The molecule has 1 amide bonds. The molecule has 5 nitrogen and oxygen atoms in total. The van der Waals surface area contributed by atoms with E-state index >= 15 is 0 Å². The van der Waals surface area contributed by atoms with Crippen molar-refractivity contribution >= 4 is 11.6 Å². The van der Waals surface area contributed by atoms with Crippen LogP contribution < -0.4 is 11.1 Å². The molecule has 21 heavy (non-hydrogen) atoms. The first-order chi connectivity index (χ1) is 9.98. The molecule has 0 radical (unpaired) electrons. The zero-order valence-electron chi connectivity index (χ0n) is 13.5. The highest BCUT2D eigenvalue weighted by Crippen LogP contribution is 2.33. The van der Waals surface area contributed by atoms with Gasteiger partial charge in [-0.05, 0) is 39.4 Å². The molecule has 0 spiro atoms. The minimum Gasteiger partial charge on any atom is -0.397 e. The second-order valence-electron chi connectivity index (χ2n) is 6.36. The molecule has 1 aliphatic rings. The van der Waals surface area contributed by atoms with Crippen molar-refractivity contribution in [3.05, 3.63) is 18.0 Å². The van der Waals surface area contributed by atoms with Crippen molar-refractivity contribution in [2.75, 3.05) is 26.4 Å². The van der Waals surface area contributed by atoms with Crippen LogP contribution in [-0.2, 0) is 6.54 Å². The number of rotatable bonds is 6. The Bertz CT molecular complexity index is 486. The Kier molecular flexibility index (Phi) is 4.93. The molecule has 3 N–H and O–H groups in total. The molecule has 1 fully saturated rings. The van der Waals surface area contributed by atoms with Gasteiger partial charge in [0.1, 0.15) is 5.69 Å². The minimum absolute atomic E-state index is 0.0201. The van der Waals surface area contributed by atoms with Gasteiger partial charge in [-0.1, -0.05) is 19.8 Å². The Hall–Kier alpha value is -1.49. The van der Waals surface area contributed by atoms with Crippen molar-refractivity contribution in [1.29, 1.82) is 0 Å². The van der Waals surface area contributed by atoms with Crippen molar-refractivity contribution in [3.63, 3.8) is 0 Å². The summed E-state index contributed by atoms with van der Waals surface area (Å²) in [6.07, 6.45) is 7.61. The van der Waals surface area contributed by atoms with Crippen molar-refractivity contribution in [2.45, 2.75) is 51.1 Å². The largest absolute Gasteiger partial charge is 0.397 e. The number of amides is 1. The Labute approximate surface area is 127 Å². The van der Waals surface area contributed by atoms with Crippen molar-refractivity contribution < 1.29 is 4.79 Å². The second kappa shape index (κ2) is 6.52. The zero-order valence-corrected chi connectivity index (χ0v) is 13.5. The van der Waals surface area contributed by atoms with Gasteiger partial charge in [0, 0.05) is 24.8 Å². The summed E-state index contributed by atoms with van der Waals surface area (Å²) < 4.78 is 1.95. The summed E-state index contributed by atoms with van der Waals surface area (Å²) in [6.45, 7) is 3.62. The number of nitrogens with two attached hydrogens (primary N) is 1. The summed E-state index contributed by atoms with van der Waals surface area (Å²) in [6, 6.07) is 1.77. The Morgan fingerprint density at radius 1 is 1.43 bits per heavy atom. The van der Waals surface area contributed by atoms with E-state index < -0.39 is 0 Å². The van der Waals surface area contributed by atoms with Crippen LogP contribution in [-0.4, -0.2) is 41.6 Å². The predicted octanol–water partition coefficient (Wildman–Crippen LogP) is 2.08. The molecule has 1 aromatic heterocycles. The van der Waals surface area contributed by atoms with Gasteiger partial charge in [0.15, 0.2) is 0 Å². The van der Waals surface area contributed by atoms with E-state index in [-0.39, 0.29) is 11.4 Å². The lowest BCUT2D eigenvalue weighted by Gasteiger charge is -2.36. The lowest BCUT2D eigenvalue weighted by molar-refractivity contribution is 0.0891. The summed E-state index contributed by atoms with van der Waals surface area (Å²) in [7, 11) is 4.21. The van der Waals surface area contributed by atoms with E-state index in [4.69, 9.17) is 5.73 Å². The van der Waals surface area contributed by atoms with Gasteiger partial charge in [-0.25, -0.2) is 0 Å². The SMILES string of the molecule is CCCn1cc(N)cc1C(=O)NCC1(N(C)C)CCCC1. The lowest BCUT2D eigenvalue weighted by atomic mass is 9.96. The smallest absolute Gasteiger partial charge is 0.268 e. The molecule has 0 atom stereocenters. The molecule has 1 aliphatic carbocycles. The van der Waals surface area contributed by atoms with E-state index in [9.17, 15) is 4.79 Å². The average Bonchev–Trinajstić information content (AvgIpc) is 3.04. The number of hydrogen-bond acceptors (Lipinski definition) is 3.